The van der Waals surface area contributed by atoms with Crippen LogP contribution in [0.1, 0.15) is 4.88 Å². The quantitative estimate of drug-likeness (QED) is 0.900. The Kier molecular flexibility index (Phi) is 2.68. The standard InChI is InChI=1S/C9H9NO2S3/c1-6-2-3-8(14-6)7-4-5-13-9(7)15(10,11)12/h2-5H,1H3,(H2,10,11,12). The molecule has 6 heteroatoms. The zero-order valence-corrected chi connectivity index (χ0v) is 10.4. The highest BCUT2D eigenvalue weighted by Crippen LogP contribution is 2.35. The molecule has 0 spiro atoms. The monoisotopic (exact) mass is 259 g/mol. The summed E-state index contributed by atoms with van der Waals surface area (Å²) >= 11 is 2.72. The van der Waals surface area contributed by atoms with E-state index in [1.54, 1.807) is 22.8 Å². The summed E-state index contributed by atoms with van der Waals surface area (Å²) in [6, 6.07) is 5.66. The number of hydrogen-bond acceptors (Lipinski definition) is 4. The van der Waals surface area contributed by atoms with Gasteiger partial charge in [0.1, 0.15) is 4.21 Å². The fourth-order valence-electron chi connectivity index (χ4n) is 1.28. The Balaban J connectivity index is 2.60. The molecule has 0 fully saturated rings. The van der Waals surface area contributed by atoms with E-state index in [4.69, 9.17) is 5.14 Å². The number of nitrogens with two attached hydrogens (primary N) is 1. The Morgan fingerprint density at radius 1 is 1.27 bits per heavy atom. The molecule has 0 radical (unpaired) electrons. The lowest BCUT2D eigenvalue weighted by Gasteiger charge is -1.97. The summed E-state index contributed by atoms with van der Waals surface area (Å²) in [5.74, 6) is 0. The Hall–Kier alpha value is -0.690. The number of rotatable bonds is 2. The molecule has 0 aliphatic carbocycles. The zero-order valence-electron chi connectivity index (χ0n) is 7.93. The molecule has 2 N–H and O–H groups in total. The molecule has 0 aliphatic rings. The Bertz CT molecular complexity index is 580. The van der Waals surface area contributed by atoms with E-state index < -0.39 is 10.0 Å². The first-order valence-electron chi connectivity index (χ1n) is 4.15. The molecule has 2 aromatic rings. The van der Waals surface area contributed by atoms with Crippen molar-refractivity contribution in [2.45, 2.75) is 11.1 Å². The van der Waals surface area contributed by atoms with E-state index >= 15 is 0 Å². The van der Waals surface area contributed by atoms with E-state index in [0.717, 1.165) is 21.1 Å². The number of aryl methyl sites for hydroxylation is 1. The maximum Gasteiger partial charge on any atom is 0.248 e. The number of hydrogen-bond donors (Lipinski definition) is 1. The van der Waals surface area contributed by atoms with Gasteiger partial charge in [0.25, 0.3) is 0 Å². The topological polar surface area (TPSA) is 60.2 Å². The summed E-state index contributed by atoms with van der Waals surface area (Å²) < 4.78 is 22.8. The van der Waals surface area contributed by atoms with Gasteiger partial charge in [0.05, 0.1) is 0 Å². The molecular weight excluding hydrogens is 250 g/mol. The molecule has 15 heavy (non-hydrogen) atoms. The highest BCUT2D eigenvalue weighted by molar-refractivity contribution is 7.91. The van der Waals surface area contributed by atoms with E-state index in [9.17, 15) is 8.42 Å². The second kappa shape index (κ2) is 3.71. The SMILES string of the molecule is Cc1ccc(-c2ccsc2S(N)(=O)=O)s1. The molecule has 0 saturated carbocycles. The van der Waals surface area contributed by atoms with Crippen molar-refractivity contribution >= 4 is 32.7 Å². The van der Waals surface area contributed by atoms with Gasteiger partial charge in [-0.1, -0.05) is 0 Å². The molecular formula is C9H9NO2S3. The van der Waals surface area contributed by atoms with Crippen molar-refractivity contribution in [1.82, 2.24) is 0 Å². The molecule has 0 aliphatic heterocycles. The summed E-state index contributed by atoms with van der Waals surface area (Å²) in [6.07, 6.45) is 0. The van der Waals surface area contributed by atoms with Gasteiger partial charge >= 0.3 is 0 Å². The molecule has 2 aromatic heterocycles. The molecule has 0 aromatic carbocycles. The molecule has 2 rings (SSSR count). The van der Waals surface area contributed by atoms with Gasteiger partial charge in [-0.2, -0.15) is 0 Å². The molecule has 3 nitrogen and oxygen atoms in total. The molecule has 2 heterocycles. The second-order valence-corrected chi connectivity index (χ2v) is 7.04. The predicted molar refractivity (Wildman–Crippen MR) is 63.7 cm³/mol. The van der Waals surface area contributed by atoms with Gasteiger partial charge in [0.2, 0.25) is 10.0 Å². The van der Waals surface area contributed by atoms with Crippen molar-refractivity contribution < 1.29 is 8.42 Å². The van der Waals surface area contributed by atoms with Gasteiger partial charge in [-0.15, -0.1) is 22.7 Å². The van der Waals surface area contributed by atoms with Crippen LogP contribution in [0.25, 0.3) is 10.4 Å². The van der Waals surface area contributed by atoms with E-state index in [1.807, 2.05) is 19.1 Å². The normalized spacial score (nSPS) is 11.9. The summed E-state index contributed by atoms with van der Waals surface area (Å²) in [4.78, 5) is 2.09. The van der Waals surface area contributed by atoms with Crippen LogP contribution in [0, 0.1) is 6.92 Å². The van der Waals surface area contributed by atoms with Gasteiger partial charge in [-0.05, 0) is 30.5 Å². The first kappa shape index (κ1) is 10.8. The van der Waals surface area contributed by atoms with Crippen molar-refractivity contribution in [2.24, 2.45) is 5.14 Å². The lowest BCUT2D eigenvalue weighted by Crippen LogP contribution is -2.11. The van der Waals surface area contributed by atoms with Gasteiger partial charge < -0.3 is 0 Å². The third kappa shape index (κ3) is 2.12. The van der Waals surface area contributed by atoms with Gasteiger partial charge in [-0.25, -0.2) is 13.6 Å². The van der Waals surface area contributed by atoms with Crippen molar-refractivity contribution in [3.63, 3.8) is 0 Å². The van der Waals surface area contributed by atoms with Crippen LogP contribution in [-0.2, 0) is 10.0 Å². The molecule has 0 atom stereocenters. The minimum absolute atomic E-state index is 0.240. The summed E-state index contributed by atoms with van der Waals surface area (Å²) in [6.45, 7) is 1.98. The maximum atomic E-state index is 11.3. The highest BCUT2D eigenvalue weighted by Gasteiger charge is 2.17. The minimum atomic E-state index is -3.60. The van der Waals surface area contributed by atoms with Crippen LogP contribution in [0.15, 0.2) is 27.8 Å². The number of thiophene rings is 2. The van der Waals surface area contributed by atoms with Crippen LogP contribution in [0.3, 0.4) is 0 Å². The summed E-state index contributed by atoms with van der Waals surface area (Å²) in [7, 11) is -3.60. The number of sulfonamides is 1. The van der Waals surface area contributed by atoms with Crippen molar-refractivity contribution in [1.29, 1.82) is 0 Å². The van der Waals surface area contributed by atoms with Crippen LogP contribution in [0.4, 0.5) is 0 Å². The minimum Gasteiger partial charge on any atom is -0.224 e. The first-order valence-corrected chi connectivity index (χ1v) is 7.40. The summed E-state index contributed by atoms with van der Waals surface area (Å²) in [5.41, 5.74) is 0.709. The lowest BCUT2D eigenvalue weighted by atomic mass is 10.3. The average molecular weight is 259 g/mol. The largest absolute Gasteiger partial charge is 0.248 e. The summed E-state index contributed by atoms with van der Waals surface area (Å²) in [5, 5.41) is 6.87. The second-order valence-electron chi connectivity index (χ2n) is 3.08. The lowest BCUT2D eigenvalue weighted by molar-refractivity contribution is 0.600. The first-order chi connectivity index (χ1) is 6.98. The van der Waals surface area contributed by atoms with E-state index in [-0.39, 0.29) is 4.21 Å². The van der Waals surface area contributed by atoms with Gasteiger partial charge in [-0.3, -0.25) is 0 Å². The van der Waals surface area contributed by atoms with E-state index in [2.05, 4.69) is 0 Å². The molecule has 0 saturated heterocycles. The third-order valence-electron chi connectivity index (χ3n) is 1.89. The van der Waals surface area contributed by atoms with Gasteiger partial charge in [0.15, 0.2) is 0 Å². The predicted octanol–water partition coefficient (Wildman–Crippen LogP) is 2.43. The van der Waals surface area contributed by atoms with Crippen molar-refractivity contribution in [2.75, 3.05) is 0 Å². The Morgan fingerprint density at radius 3 is 2.53 bits per heavy atom. The van der Waals surface area contributed by atoms with Crippen molar-refractivity contribution in [3.8, 4) is 10.4 Å². The van der Waals surface area contributed by atoms with E-state index in [0.29, 0.717) is 5.56 Å². The van der Waals surface area contributed by atoms with Crippen LogP contribution < -0.4 is 5.14 Å². The molecule has 0 bridgehead atoms. The zero-order chi connectivity index (χ0) is 11.1. The fourth-order valence-corrected chi connectivity index (χ4v) is 4.13. The van der Waals surface area contributed by atoms with Crippen LogP contribution in [-0.4, -0.2) is 8.42 Å². The van der Waals surface area contributed by atoms with Crippen LogP contribution >= 0.6 is 22.7 Å². The Labute approximate surface area is 96.2 Å². The van der Waals surface area contributed by atoms with Crippen molar-refractivity contribution in [3.05, 3.63) is 28.5 Å². The molecule has 0 amide bonds. The number of primary sulfonamides is 1. The van der Waals surface area contributed by atoms with Gasteiger partial charge in [0, 0.05) is 15.3 Å². The Morgan fingerprint density at radius 2 is 2.00 bits per heavy atom. The highest BCUT2D eigenvalue weighted by atomic mass is 32.2. The fraction of sp³-hybridized carbons (Fsp3) is 0.111. The molecule has 80 valence electrons. The smallest absolute Gasteiger partial charge is 0.224 e. The van der Waals surface area contributed by atoms with Crippen LogP contribution in [0.2, 0.25) is 0 Å². The molecule has 0 unspecified atom stereocenters. The van der Waals surface area contributed by atoms with E-state index in [1.165, 1.54) is 0 Å². The third-order valence-corrected chi connectivity index (χ3v) is 5.36. The van der Waals surface area contributed by atoms with Crippen LogP contribution in [0.5, 0.6) is 0 Å². The maximum absolute atomic E-state index is 11.3. The average Bonchev–Trinajstić information content (AvgIpc) is 2.68.